The molecule has 2 unspecified atom stereocenters. The summed E-state index contributed by atoms with van der Waals surface area (Å²) < 4.78 is 27.8. The van der Waals surface area contributed by atoms with Gasteiger partial charge in [-0.25, -0.2) is 4.79 Å². The van der Waals surface area contributed by atoms with Crippen molar-refractivity contribution < 1.29 is 28.6 Å². The van der Waals surface area contributed by atoms with Gasteiger partial charge in [0.05, 0.1) is 12.1 Å². The summed E-state index contributed by atoms with van der Waals surface area (Å²) in [4.78, 5) is 25.2. The van der Waals surface area contributed by atoms with Crippen molar-refractivity contribution in [2.75, 3.05) is 6.54 Å². The monoisotopic (exact) mass is 415 g/mol. The van der Waals surface area contributed by atoms with Crippen molar-refractivity contribution in [1.82, 2.24) is 4.90 Å². The Kier molecular flexibility index (Phi) is 8.12. The number of unbranched alkanes of at least 4 members (excludes halogenated alkanes) is 2. The second-order valence-electron chi connectivity index (χ2n) is 7.10. The number of carboxylic acid groups (broad SMARTS) is 1. The Morgan fingerprint density at radius 1 is 1.39 bits per heavy atom. The fourth-order valence-corrected chi connectivity index (χ4v) is 4.16. The number of carbonyl (C=O) groups is 2. The maximum atomic E-state index is 13.9. The van der Waals surface area contributed by atoms with Gasteiger partial charge in [0, 0.05) is 17.8 Å². The van der Waals surface area contributed by atoms with Gasteiger partial charge in [0.1, 0.15) is 4.88 Å². The summed E-state index contributed by atoms with van der Waals surface area (Å²) in [5.41, 5.74) is 0. The number of hydrogen-bond acceptors (Lipinski definition) is 4. The predicted molar refractivity (Wildman–Crippen MR) is 104 cm³/mol. The van der Waals surface area contributed by atoms with Gasteiger partial charge >= 0.3 is 11.9 Å². The first-order chi connectivity index (χ1) is 13.2. The van der Waals surface area contributed by atoms with Crippen LogP contribution in [-0.2, 0) is 11.2 Å². The minimum atomic E-state index is -3.39. The number of halogens is 2. The number of amides is 1. The highest BCUT2D eigenvalue weighted by Crippen LogP contribution is 2.34. The fourth-order valence-electron chi connectivity index (χ4n) is 3.27. The molecule has 1 aliphatic rings. The van der Waals surface area contributed by atoms with Gasteiger partial charge in [-0.15, -0.1) is 11.3 Å². The molecule has 156 valence electrons. The molecule has 0 aromatic carbocycles. The molecule has 1 aromatic heterocycles. The van der Waals surface area contributed by atoms with E-state index in [2.05, 4.69) is 6.92 Å². The topological polar surface area (TPSA) is 77.8 Å². The third-order valence-corrected chi connectivity index (χ3v) is 5.93. The number of hydrogen-bond donors (Lipinski definition) is 2. The van der Waals surface area contributed by atoms with Crippen LogP contribution in [-0.4, -0.2) is 51.6 Å². The van der Waals surface area contributed by atoms with E-state index < -0.39 is 36.4 Å². The van der Waals surface area contributed by atoms with E-state index in [1.807, 2.05) is 0 Å². The van der Waals surface area contributed by atoms with E-state index in [0.29, 0.717) is 19.3 Å². The van der Waals surface area contributed by atoms with Crippen molar-refractivity contribution in [2.45, 2.75) is 69.9 Å². The molecule has 2 N–H and O–H groups in total. The molecule has 2 atom stereocenters. The highest BCUT2D eigenvalue weighted by molar-refractivity contribution is 7.13. The van der Waals surface area contributed by atoms with Crippen molar-refractivity contribution in [3.05, 3.63) is 34.0 Å². The van der Waals surface area contributed by atoms with Gasteiger partial charge in [-0.1, -0.05) is 38.3 Å². The normalized spacial score (nSPS) is 20.2. The number of aryl methyl sites for hydroxylation is 1. The summed E-state index contributed by atoms with van der Waals surface area (Å²) in [5.74, 6) is -5.56. The van der Waals surface area contributed by atoms with Gasteiger partial charge in [-0.05, 0) is 31.4 Å². The standard InChI is InChI=1S/C20H27F2NO4S/c1-2-3-4-6-15(24)9-8-14-13-20(21,22)19(27)23(14)12-5-7-16-10-11-17(28-16)18(25)26/h8-11,14-15,24H,2-7,12-13H2,1H3,(H,25,26). The van der Waals surface area contributed by atoms with Crippen molar-refractivity contribution in [2.24, 2.45) is 0 Å². The first kappa shape index (κ1) is 22.5. The van der Waals surface area contributed by atoms with Crippen LogP contribution in [0.15, 0.2) is 24.3 Å². The molecule has 0 saturated carbocycles. The van der Waals surface area contributed by atoms with Crippen molar-refractivity contribution in [3.8, 4) is 0 Å². The molecule has 2 heterocycles. The Labute approximate surface area is 167 Å². The molecule has 1 fully saturated rings. The number of thiophene rings is 1. The lowest BCUT2D eigenvalue weighted by atomic mass is 10.1. The molecule has 1 aliphatic heterocycles. The average Bonchev–Trinajstić information content (AvgIpc) is 3.18. The van der Waals surface area contributed by atoms with Gasteiger partial charge in [0.25, 0.3) is 5.91 Å². The molecule has 0 radical (unpaired) electrons. The summed E-state index contributed by atoms with van der Waals surface area (Å²) >= 11 is 1.15. The van der Waals surface area contributed by atoms with Gasteiger partial charge in [-0.2, -0.15) is 8.78 Å². The zero-order valence-corrected chi connectivity index (χ0v) is 16.8. The van der Waals surface area contributed by atoms with Crippen LogP contribution in [0, 0.1) is 0 Å². The second kappa shape index (κ2) is 10.1. The van der Waals surface area contributed by atoms with Crippen LogP contribution in [0.5, 0.6) is 0 Å². The van der Waals surface area contributed by atoms with Crippen molar-refractivity contribution in [1.29, 1.82) is 0 Å². The summed E-state index contributed by atoms with van der Waals surface area (Å²) in [7, 11) is 0. The molecule has 5 nitrogen and oxygen atoms in total. The maximum absolute atomic E-state index is 13.9. The molecular formula is C20H27F2NO4S. The van der Waals surface area contributed by atoms with Gasteiger partial charge in [0.15, 0.2) is 0 Å². The zero-order chi connectivity index (χ0) is 20.7. The van der Waals surface area contributed by atoms with E-state index in [-0.39, 0.29) is 11.4 Å². The van der Waals surface area contributed by atoms with E-state index in [4.69, 9.17) is 5.11 Å². The van der Waals surface area contributed by atoms with Crippen LogP contribution in [0.25, 0.3) is 0 Å². The fraction of sp³-hybridized carbons (Fsp3) is 0.600. The minimum Gasteiger partial charge on any atom is -0.477 e. The van der Waals surface area contributed by atoms with Crippen LogP contribution in [0.3, 0.4) is 0 Å². The molecule has 1 amide bonds. The van der Waals surface area contributed by atoms with Crippen LogP contribution in [0.2, 0.25) is 0 Å². The average molecular weight is 416 g/mol. The maximum Gasteiger partial charge on any atom is 0.345 e. The molecule has 1 aromatic rings. The summed E-state index contributed by atoms with van der Waals surface area (Å²) in [5, 5.41) is 18.9. The Hall–Kier alpha value is -1.80. The SMILES string of the molecule is CCCCCC(O)C=CC1CC(F)(F)C(=O)N1CCCc1ccc(C(=O)O)s1. The number of carboxylic acids is 1. The lowest BCUT2D eigenvalue weighted by Gasteiger charge is -2.21. The Balaban J connectivity index is 1.92. The van der Waals surface area contributed by atoms with Crippen molar-refractivity contribution >= 4 is 23.2 Å². The lowest BCUT2D eigenvalue weighted by Crippen LogP contribution is -2.36. The number of aromatic carboxylic acids is 1. The lowest BCUT2D eigenvalue weighted by molar-refractivity contribution is -0.148. The summed E-state index contributed by atoms with van der Waals surface area (Å²) in [6.45, 7) is 2.22. The van der Waals surface area contributed by atoms with Crippen molar-refractivity contribution in [3.63, 3.8) is 0 Å². The highest BCUT2D eigenvalue weighted by atomic mass is 32.1. The molecule has 0 bridgehead atoms. The van der Waals surface area contributed by atoms with E-state index in [1.165, 1.54) is 23.1 Å². The largest absolute Gasteiger partial charge is 0.477 e. The molecule has 2 rings (SSSR count). The van der Waals surface area contributed by atoms with Gasteiger partial charge < -0.3 is 15.1 Å². The Morgan fingerprint density at radius 3 is 2.79 bits per heavy atom. The number of likely N-dealkylation sites (tertiary alicyclic amines) is 1. The number of carbonyl (C=O) groups excluding carboxylic acids is 1. The molecule has 28 heavy (non-hydrogen) atoms. The minimum absolute atomic E-state index is 0.162. The molecule has 0 spiro atoms. The second-order valence-corrected chi connectivity index (χ2v) is 8.27. The van der Waals surface area contributed by atoms with Gasteiger partial charge in [-0.3, -0.25) is 4.79 Å². The van der Waals surface area contributed by atoms with Crippen LogP contribution in [0.1, 0.15) is 60.0 Å². The number of aliphatic hydroxyl groups excluding tert-OH is 1. The number of rotatable bonds is 11. The molecule has 8 heteroatoms. The van der Waals surface area contributed by atoms with E-state index >= 15 is 0 Å². The van der Waals surface area contributed by atoms with Crippen LogP contribution < -0.4 is 0 Å². The van der Waals surface area contributed by atoms with E-state index in [9.17, 15) is 23.5 Å². The third kappa shape index (κ3) is 6.10. The predicted octanol–water partition coefficient (Wildman–Crippen LogP) is 4.11. The Bertz CT molecular complexity index is 704. The third-order valence-electron chi connectivity index (χ3n) is 4.79. The van der Waals surface area contributed by atoms with Gasteiger partial charge in [0.2, 0.25) is 0 Å². The number of alkyl halides is 2. The molecule has 0 aliphatic carbocycles. The van der Waals surface area contributed by atoms with E-state index in [0.717, 1.165) is 35.5 Å². The zero-order valence-electron chi connectivity index (χ0n) is 15.9. The number of nitrogens with zero attached hydrogens (tertiary/aromatic N) is 1. The first-order valence-corrected chi connectivity index (χ1v) is 10.4. The summed E-state index contributed by atoms with van der Waals surface area (Å²) in [6.07, 6.45) is 6.22. The Morgan fingerprint density at radius 2 is 2.14 bits per heavy atom. The quantitative estimate of drug-likeness (QED) is 0.421. The number of aliphatic hydroxyl groups is 1. The van der Waals surface area contributed by atoms with E-state index in [1.54, 1.807) is 6.07 Å². The first-order valence-electron chi connectivity index (χ1n) is 9.62. The highest BCUT2D eigenvalue weighted by Gasteiger charge is 2.52. The van der Waals surface area contributed by atoms with Crippen LogP contribution in [0.4, 0.5) is 8.78 Å². The molecule has 1 saturated heterocycles. The van der Waals surface area contributed by atoms with Crippen LogP contribution >= 0.6 is 11.3 Å². The molecular weight excluding hydrogens is 388 g/mol. The smallest absolute Gasteiger partial charge is 0.345 e. The summed E-state index contributed by atoms with van der Waals surface area (Å²) in [6, 6.07) is 2.49.